The van der Waals surface area contributed by atoms with Crippen LogP contribution >= 0.6 is 11.8 Å². The molecule has 0 unspecified atom stereocenters. The fourth-order valence-corrected chi connectivity index (χ4v) is 5.38. The molecule has 2 amide bonds. The van der Waals surface area contributed by atoms with E-state index in [0.717, 1.165) is 11.1 Å². The molecule has 0 saturated carbocycles. The summed E-state index contributed by atoms with van der Waals surface area (Å²) in [5.74, 6) is 1.44. The normalized spacial score (nSPS) is 16.8. The van der Waals surface area contributed by atoms with Gasteiger partial charge in [0, 0.05) is 30.0 Å². The van der Waals surface area contributed by atoms with Crippen LogP contribution in [0.15, 0.2) is 76.7 Å². The monoisotopic (exact) mass is 543 g/mol. The molecule has 3 aliphatic heterocycles. The zero-order valence-corrected chi connectivity index (χ0v) is 21.2. The van der Waals surface area contributed by atoms with Gasteiger partial charge in [-0.05, 0) is 35.4 Å². The van der Waals surface area contributed by atoms with Crippen LogP contribution in [-0.4, -0.2) is 45.5 Å². The summed E-state index contributed by atoms with van der Waals surface area (Å²) in [5, 5.41) is 14.4. The second-order valence-electron chi connectivity index (χ2n) is 8.94. The number of thioether (sulfide) groups is 1. The average Bonchev–Trinajstić information content (AvgIpc) is 3.55. The van der Waals surface area contributed by atoms with Crippen LogP contribution in [0.3, 0.4) is 0 Å². The lowest BCUT2D eigenvalue weighted by atomic mass is 10.1. The maximum Gasteiger partial charge on any atom is 0.269 e. The number of para-hydroxylation sites is 1. The van der Waals surface area contributed by atoms with Gasteiger partial charge in [0.15, 0.2) is 16.7 Å². The van der Waals surface area contributed by atoms with Gasteiger partial charge in [-0.15, -0.1) is 0 Å². The van der Waals surface area contributed by atoms with Crippen molar-refractivity contribution < 1.29 is 24.0 Å². The average molecular weight is 544 g/mol. The summed E-state index contributed by atoms with van der Waals surface area (Å²) in [4.78, 5) is 47.7. The highest BCUT2D eigenvalue weighted by Crippen LogP contribution is 2.35. The number of amides is 2. The number of hydrogen-bond donors (Lipinski definition) is 1. The van der Waals surface area contributed by atoms with Crippen LogP contribution < -0.4 is 14.8 Å². The van der Waals surface area contributed by atoms with E-state index >= 15 is 0 Å². The van der Waals surface area contributed by atoms with Crippen molar-refractivity contribution in [1.82, 2.24) is 10.2 Å². The van der Waals surface area contributed by atoms with Crippen LogP contribution in [0, 0.1) is 10.1 Å². The zero-order chi connectivity index (χ0) is 26.9. The maximum atomic E-state index is 13.5. The number of hydrogen-bond acceptors (Lipinski definition) is 9. The molecule has 3 aliphatic rings. The molecule has 0 spiro atoms. The number of nitrogens with zero attached hydrogens (tertiary/aromatic N) is 4. The highest BCUT2D eigenvalue weighted by Gasteiger charge is 2.42. The second-order valence-corrected chi connectivity index (χ2v) is 9.88. The van der Waals surface area contributed by atoms with Gasteiger partial charge >= 0.3 is 0 Å². The molecule has 0 aromatic heterocycles. The lowest BCUT2D eigenvalue weighted by Crippen LogP contribution is -2.42. The first-order valence-corrected chi connectivity index (χ1v) is 13.1. The van der Waals surface area contributed by atoms with Crippen LogP contribution in [0.2, 0.25) is 0 Å². The lowest BCUT2D eigenvalue weighted by Gasteiger charge is -2.25. The molecule has 1 N–H and O–H groups in total. The molecule has 6 rings (SSSR count). The Hall–Kier alpha value is -4.71. The smallest absolute Gasteiger partial charge is 0.269 e. The van der Waals surface area contributed by atoms with Crippen LogP contribution in [0.4, 0.5) is 11.4 Å². The molecular weight excluding hydrogens is 522 g/mol. The first-order valence-electron chi connectivity index (χ1n) is 12.1. The number of rotatable bonds is 7. The number of non-ortho nitro benzene ring substituents is 1. The van der Waals surface area contributed by atoms with Crippen LogP contribution in [-0.2, 0) is 21.9 Å². The summed E-state index contributed by atoms with van der Waals surface area (Å²) >= 11 is 1.28. The van der Waals surface area contributed by atoms with Crippen molar-refractivity contribution in [1.29, 1.82) is 0 Å². The van der Waals surface area contributed by atoms with Gasteiger partial charge in [-0.25, -0.2) is 9.89 Å². The third-order valence-corrected chi connectivity index (χ3v) is 7.35. The summed E-state index contributed by atoms with van der Waals surface area (Å²) in [6.45, 7) is 0.440. The molecule has 1 atom stereocenters. The number of aliphatic imine (C=N–C) groups is 2. The van der Waals surface area contributed by atoms with E-state index in [0.29, 0.717) is 39.5 Å². The van der Waals surface area contributed by atoms with E-state index in [4.69, 9.17) is 9.47 Å². The van der Waals surface area contributed by atoms with E-state index in [1.165, 1.54) is 28.8 Å². The zero-order valence-electron chi connectivity index (χ0n) is 20.4. The Balaban J connectivity index is 1.17. The van der Waals surface area contributed by atoms with Gasteiger partial charge in [0.2, 0.25) is 12.7 Å². The van der Waals surface area contributed by atoms with Crippen molar-refractivity contribution in [2.45, 2.75) is 24.8 Å². The Labute approximate surface area is 226 Å². The first-order chi connectivity index (χ1) is 19.0. The largest absolute Gasteiger partial charge is 0.454 e. The van der Waals surface area contributed by atoms with E-state index in [2.05, 4.69) is 15.3 Å². The molecular formula is C27H21N5O6S. The van der Waals surface area contributed by atoms with Gasteiger partial charge in [0.1, 0.15) is 11.9 Å². The van der Waals surface area contributed by atoms with Gasteiger partial charge in [0.25, 0.3) is 11.6 Å². The van der Waals surface area contributed by atoms with Crippen LogP contribution in [0.1, 0.15) is 23.1 Å². The summed E-state index contributed by atoms with van der Waals surface area (Å²) in [5.41, 5.74) is 2.93. The fraction of sp³-hybridized carbons (Fsp3) is 0.185. The van der Waals surface area contributed by atoms with Crippen molar-refractivity contribution >= 4 is 46.0 Å². The predicted octanol–water partition coefficient (Wildman–Crippen LogP) is 3.92. The van der Waals surface area contributed by atoms with Crippen molar-refractivity contribution in [3.05, 3.63) is 93.5 Å². The Kier molecular flexibility index (Phi) is 6.45. The number of nitrogens with one attached hydrogen (secondary N) is 1. The van der Waals surface area contributed by atoms with Crippen molar-refractivity contribution in [2.24, 2.45) is 9.98 Å². The van der Waals surface area contributed by atoms with E-state index in [1.807, 2.05) is 36.4 Å². The molecule has 0 saturated heterocycles. The molecule has 0 fully saturated rings. The standard InChI is InChI=1S/C27H21N5O6S/c33-24(28-13-16-8-9-22-23(11-16)38-15-37-22)12-21-26(34)31-25(29-21)19-6-1-2-7-20(19)30-27(31)39-14-17-4-3-5-18(10-17)32(35)36/h1-11,21H,12-15H2,(H,28,33)/t21-/m0/s1. The number of amidine groups is 2. The number of benzene rings is 3. The molecule has 3 aromatic rings. The molecule has 0 bridgehead atoms. The van der Waals surface area contributed by atoms with E-state index in [9.17, 15) is 19.7 Å². The molecule has 11 nitrogen and oxygen atoms in total. The topological polar surface area (TPSA) is 136 Å². The van der Waals surface area contributed by atoms with Crippen molar-refractivity contribution in [3.8, 4) is 11.5 Å². The van der Waals surface area contributed by atoms with Gasteiger partial charge in [0.05, 0.1) is 17.0 Å². The van der Waals surface area contributed by atoms with Crippen LogP contribution in [0.25, 0.3) is 0 Å². The number of carbonyl (C=O) groups excluding carboxylic acids is 2. The quantitative estimate of drug-likeness (QED) is 0.352. The molecule has 12 heteroatoms. The number of carbonyl (C=O) groups is 2. The Morgan fingerprint density at radius 3 is 2.79 bits per heavy atom. The summed E-state index contributed by atoms with van der Waals surface area (Å²) in [6.07, 6.45) is -0.117. The van der Waals surface area contributed by atoms with Gasteiger partial charge in [-0.2, -0.15) is 0 Å². The molecule has 0 radical (unpaired) electrons. The van der Waals surface area contributed by atoms with Gasteiger partial charge < -0.3 is 14.8 Å². The molecule has 3 heterocycles. The SMILES string of the molecule is O=C(C[C@@H]1N=C2c3ccccc3N=C(SCc3cccc([N+](=O)[O-])c3)N2C1=O)NCc1ccc2c(c1)OCO2. The van der Waals surface area contributed by atoms with Crippen molar-refractivity contribution in [2.75, 3.05) is 6.79 Å². The minimum atomic E-state index is -0.897. The van der Waals surface area contributed by atoms with E-state index in [1.54, 1.807) is 18.2 Å². The molecule has 0 aliphatic carbocycles. The van der Waals surface area contributed by atoms with E-state index in [-0.39, 0.29) is 37.3 Å². The van der Waals surface area contributed by atoms with E-state index < -0.39 is 11.0 Å². The number of nitro benzene ring substituents is 1. The molecule has 39 heavy (non-hydrogen) atoms. The summed E-state index contributed by atoms with van der Waals surface area (Å²) in [6, 6.07) is 18.2. The number of ether oxygens (including phenoxy) is 2. The summed E-state index contributed by atoms with van der Waals surface area (Å²) < 4.78 is 10.7. The minimum Gasteiger partial charge on any atom is -0.454 e. The predicted molar refractivity (Wildman–Crippen MR) is 144 cm³/mol. The lowest BCUT2D eigenvalue weighted by molar-refractivity contribution is -0.384. The third kappa shape index (κ3) is 4.93. The Morgan fingerprint density at radius 2 is 1.92 bits per heavy atom. The second kappa shape index (κ2) is 10.2. The fourth-order valence-electron chi connectivity index (χ4n) is 4.44. The molecule has 196 valence electrons. The minimum absolute atomic E-state index is 0.00430. The highest BCUT2D eigenvalue weighted by molar-refractivity contribution is 8.13. The highest BCUT2D eigenvalue weighted by atomic mass is 32.2. The summed E-state index contributed by atoms with van der Waals surface area (Å²) in [7, 11) is 0. The molecule has 3 aromatic carbocycles. The first kappa shape index (κ1) is 24.6. The van der Waals surface area contributed by atoms with Gasteiger partial charge in [-0.3, -0.25) is 24.7 Å². The Morgan fingerprint density at radius 1 is 1.08 bits per heavy atom. The maximum absolute atomic E-state index is 13.5. The third-order valence-electron chi connectivity index (χ3n) is 6.34. The van der Waals surface area contributed by atoms with Crippen molar-refractivity contribution in [3.63, 3.8) is 0 Å². The Bertz CT molecular complexity index is 1570. The van der Waals surface area contributed by atoms with Crippen LogP contribution in [0.5, 0.6) is 11.5 Å². The number of nitro groups is 1. The number of fused-ring (bicyclic) bond motifs is 4. The van der Waals surface area contributed by atoms with Gasteiger partial charge in [-0.1, -0.05) is 42.1 Å².